The zero-order chi connectivity index (χ0) is 18.9. The second-order valence-corrected chi connectivity index (χ2v) is 10.3. The summed E-state index contributed by atoms with van der Waals surface area (Å²) in [6, 6.07) is 10.0. The molecule has 144 valence electrons. The molecule has 0 aliphatic carbocycles. The Kier molecular flexibility index (Phi) is 5.39. The maximum atomic E-state index is 12.6. The SMILES string of the molecule is O=C(CSc1ccnc2ccccc12)N1CCN(C2CCS(=O)(=O)C2)CC1. The standard InChI is InChI=1S/C19H23N3O3S2/c23-19(13-26-18-5-7-20-17-4-2-1-3-16(17)18)22-10-8-21(9-11-22)15-6-12-27(24,25)14-15/h1-5,7,15H,6,8-14H2. The van der Waals surface area contributed by atoms with Gasteiger partial charge in [-0.05, 0) is 18.6 Å². The molecule has 0 saturated carbocycles. The zero-order valence-corrected chi connectivity index (χ0v) is 16.7. The number of thioether (sulfide) groups is 1. The van der Waals surface area contributed by atoms with E-state index < -0.39 is 9.84 Å². The van der Waals surface area contributed by atoms with Crippen LogP contribution in [0.15, 0.2) is 41.4 Å². The van der Waals surface area contributed by atoms with Gasteiger partial charge in [0.15, 0.2) is 9.84 Å². The Morgan fingerprint density at radius 3 is 2.67 bits per heavy atom. The van der Waals surface area contributed by atoms with Gasteiger partial charge in [0.05, 0.1) is 22.8 Å². The van der Waals surface area contributed by atoms with Crippen LogP contribution in [-0.4, -0.2) is 78.6 Å². The summed E-state index contributed by atoms with van der Waals surface area (Å²) in [5.41, 5.74) is 0.940. The first-order valence-corrected chi connectivity index (χ1v) is 12.0. The van der Waals surface area contributed by atoms with Gasteiger partial charge in [-0.1, -0.05) is 18.2 Å². The zero-order valence-electron chi connectivity index (χ0n) is 15.1. The van der Waals surface area contributed by atoms with Crippen molar-refractivity contribution in [3.63, 3.8) is 0 Å². The van der Waals surface area contributed by atoms with Crippen molar-refractivity contribution < 1.29 is 13.2 Å². The van der Waals surface area contributed by atoms with Crippen molar-refractivity contribution in [2.24, 2.45) is 0 Å². The van der Waals surface area contributed by atoms with Crippen LogP contribution in [0.2, 0.25) is 0 Å². The molecule has 2 aromatic rings. The molecule has 1 unspecified atom stereocenters. The van der Waals surface area contributed by atoms with E-state index in [9.17, 15) is 13.2 Å². The third kappa shape index (κ3) is 4.28. The average Bonchev–Trinajstić information content (AvgIpc) is 3.06. The molecule has 0 bridgehead atoms. The fourth-order valence-corrected chi connectivity index (χ4v) is 6.53. The molecule has 1 atom stereocenters. The number of benzene rings is 1. The Labute approximate surface area is 163 Å². The van der Waals surface area contributed by atoms with Gasteiger partial charge in [0.2, 0.25) is 5.91 Å². The second-order valence-electron chi connectivity index (χ2n) is 7.09. The van der Waals surface area contributed by atoms with Gasteiger partial charge in [-0.15, -0.1) is 11.8 Å². The second kappa shape index (κ2) is 7.77. The first-order chi connectivity index (χ1) is 13.0. The van der Waals surface area contributed by atoms with Gasteiger partial charge in [0, 0.05) is 48.7 Å². The number of rotatable bonds is 4. The Bertz CT molecular complexity index is 935. The van der Waals surface area contributed by atoms with Gasteiger partial charge in [0.1, 0.15) is 0 Å². The predicted octanol–water partition coefficient (Wildman–Crippen LogP) is 1.66. The lowest BCUT2D eigenvalue weighted by Gasteiger charge is -2.37. The van der Waals surface area contributed by atoms with Crippen LogP contribution in [0, 0.1) is 0 Å². The molecule has 0 N–H and O–H groups in total. The molecule has 1 amide bonds. The van der Waals surface area contributed by atoms with Gasteiger partial charge in [-0.3, -0.25) is 14.7 Å². The summed E-state index contributed by atoms with van der Waals surface area (Å²) < 4.78 is 23.3. The molecule has 0 radical (unpaired) electrons. The summed E-state index contributed by atoms with van der Waals surface area (Å²) in [7, 11) is -2.86. The number of carbonyl (C=O) groups excluding carboxylic acids is 1. The van der Waals surface area contributed by atoms with E-state index in [0.717, 1.165) is 35.3 Å². The molecule has 8 heteroatoms. The first-order valence-electron chi connectivity index (χ1n) is 9.21. The van der Waals surface area contributed by atoms with E-state index in [2.05, 4.69) is 9.88 Å². The lowest BCUT2D eigenvalue weighted by Crippen LogP contribution is -2.52. The number of para-hydroxylation sites is 1. The first kappa shape index (κ1) is 18.7. The number of amides is 1. The number of nitrogens with zero attached hydrogens (tertiary/aromatic N) is 3. The molecular formula is C19H23N3O3S2. The number of hydrogen-bond donors (Lipinski definition) is 0. The monoisotopic (exact) mass is 405 g/mol. The normalized spacial score (nSPS) is 23.0. The number of aromatic nitrogens is 1. The van der Waals surface area contributed by atoms with Crippen LogP contribution >= 0.6 is 11.8 Å². The number of piperazine rings is 1. The van der Waals surface area contributed by atoms with E-state index in [-0.39, 0.29) is 17.7 Å². The molecule has 6 nitrogen and oxygen atoms in total. The van der Waals surface area contributed by atoms with E-state index in [4.69, 9.17) is 0 Å². The van der Waals surface area contributed by atoms with Gasteiger partial charge in [0.25, 0.3) is 0 Å². The molecule has 2 fully saturated rings. The third-order valence-corrected chi connectivity index (χ3v) is 8.16. The molecule has 4 rings (SSSR count). The minimum Gasteiger partial charge on any atom is -0.339 e. The number of hydrogen-bond acceptors (Lipinski definition) is 6. The minimum atomic E-state index is -2.86. The lowest BCUT2D eigenvalue weighted by molar-refractivity contribution is -0.130. The molecule has 2 aliphatic rings. The maximum absolute atomic E-state index is 12.6. The van der Waals surface area contributed by atoms with Crippen molar-refractivity contribution in [3.8, 4) is 0 Å². The van der Waals surface area contributed by atoms with Crippen LogP contribution in [0.5, 0.6) is 0 Å². The van der Waals surface area contributed by atoms with Crippen molar-refractivity contribution in [3.05, 3.63) is 36.5 Å². The van der Waals surface area contributed by atoms with Crippen molar-refractivity contribution in [2.45, 2.75) is 17.4 Å². The van der Waals surface area contributed by atoms with Crippen LogP contribution in [0.3, 0.4) is 0 Å². The summed E-state index contributed by atoms with van der Waals surface area (Å²) in [5, 5.41) is 1.07. The van der Waals surface area contributed by atoms with Gasteiger partial charge in [-0.2, -0.15) is 0 Å². The van der Waals surface area contributed by atoms with Crippen LogP contribution in [0.25, 0.3) is 10.9 Å². The molecule has 2 saturated heterocycles. The molecular weight excluding hydrogens is 382 g/mol. The quantitative estimate of drug-likeness (QED) is 0.721. The Morgan fingerprint density at radius 2 is 1.93 bits per heavy atom. The van der Waals surface area contributed by atoms with Crippen molar-refractivity contribution >= 4 is 38.4 Å². The highest BCUT2D eigenvalue weighted by Gasteiger charge is 2.34. The number of pyridine rings is 1. The van der Waals surface area contributed by atoms with Crippen LogP contribution in [-0.2, 0) is 14.6 Å². The number of fused-ring (bicyclic) bond motifs is 1. The van der Waals surface area contributed by atoms with E-state index >= 15 is 0 Å². The molecule has 27 heavy (non-hydrogen) atoms. The van der Waals surface area contributed by atoms with Crippen molar-refractivity contribution in [1.82, 2.24) is 14.8 Å². The average molecular weight is 406 g/mol. The highest BCUT2D eigenvalue weighted by atomic mass is 32.2. The molecule has 2 aliphatic heterocycles. The van der Waals surface area contributed by atoms with Gasteiger partial charge in [-0.25, -0.2) is 8.42 Å². The predicted molar refractivity (Wildman–Crippen MR) is 108 cm³/mol. The van der Waals surface area contributed by atoms with Crippen molar-refractivity contribution in [1.29, 1.82) is 0 Å². The fourth-order valence-electron chi connectivity index (χ4n) is 3.83. The molecule has 3 heterocycles. The summed E-state index contributed by atoms with van der Waals surface area (Å²) in [5.74, 6) is 1.12. The van der Waals surface area contributed by atoms with E-state index in [1.165, 1.54) is 0 Å². The third-order valence-electron chi connectivity index (χ3n) is 5.35. The van der Waals surface area contributed by atoms with Gasteiger partial charge < -0.3 is 4.90 Å². The Hall–Kier alpha value is -1.64. The summed E-state index contributed by atoms with van der Waals surface area (Å²) >= 11 is 1.55. The summed E-state index contributed by atoms with van der Waals surface area (Å²) in [4.78, 5) is 22.2. The summed E-state index contributed by atoms with van der Waals surface area (Å²) in [6.45, 7) is 2.86. The van der Waals surface area contributed by atoms with E-state index in [0.29, 0.717) is 24.6 Å². The molecule has 0 spiro atoms. The largest absolute Gasteiger partial charge is 0.339 e. The topological polar surface area (TPSA) is 70.6 Å². The highest BCUT2D eigenvalue weighted by Crippen LogP contribution is 2.27. The molecule has 1 aromatic heterocycles. The van der Waals surface area contributed by atoms with E-state index in [1.54, 1.807) is 18.0 Å². The molecule has 1 aromatic carbocycles. The highest BCUT2D eigenvalue weighted by molar-refractivity contribution is 8.00. The van der Waals surface area contributed by atoms with Gasteiger partial charge >= 0.3 is 0 Å². The Morgan fingerprint density at radius 1 is 1.15 bits per heavy atom. The Balaban J connectivity index is 1.31. The minimum absolute atomic E-state index is 0.129. The van der Waals surface area contributed by atoms with E-state index in [1.807, 2.05) is 35.2 Å². The smallest absolute Gasteiger partial charge is 0.233 e. The van der Waals surface area contributed by atoms with Crippen LogP contribution in [0.4, 0.5) is 0 Å². The fraction of sp³-hybridized carbons (Fsp3) is 0.474. The lowest BCUT2D eigenvalue weighted by atomic mass is 10.2. The van der Waals surface area contributed by atoms with Crippen LogP contribution < -0.4 is 0 Å². The maximum Gasteiger partial charge on any atom is 0.233 e. The summed E-state index contributed by atoms with van der Waals surface area (Å²) in [6.07, 6.45) is 2.50. The number of carbonyl (C=O) groups is 1. The number of sulfone groups is 1. The van der Waals surface area contributed by atoms with Crippen LogP contribution in [0.1, 0.15) is 6.42 Å². The van der Waals surface area contributed by atoms with Crippen molar-refractivity contribution in [2.75, 3.05) is 43.4 Å².